The van der Waals surface area contributed by atoms with E-state index in [0.29, 0.717) is 12.2 Å². The van der Waals surface area contributed by atoms with Gasteiger partial charge in [-0.25, -0.2) is 0 Å². The second-order valence-corrected chi connectivity index (χ2v) is 11.7. The predicted octanol–water partition coefficient (Wildman–Crippen LogP) is 7.39. The number of benzene rings is 3. The summed E-state index contributed by atoms with van der Waals surface area (Å²) >= 11 is 1.72. The number of ketones is 1. The number of aryl methyl sites for hydroxylation is 2. The molecule has 2 aromatic heterocycles. The van der Waals surface area contributed by atoms with Crippen molar-refractivity contribution in [1.29, 1.82) is 0 Å². The fourth-order valence-corrected chi connectivity index (χ4v) is 6.98. The molecule has 5 nitrogen and oxygen atoms in total. The smallest absolute Gasteiger partial charge is 0.195 e. The van der Waals surface area contributed by atoms with Gasteiger partial charge in [0.25, 0.3) is 0 Å². The number of phenolic OH excluding ortho intramolecular Hbond substituents is 1. The maximum Gasteiger partial charge on any atom is 0.195 e. The van der Waals surface area contributed by atoms with Crippen LogP contribution in [0.1, 0.15) is 40.7 Å². The SMILES string of the molecule is O=C(c1ccc(OCCN2CCCCC2)cc1)c1c2n(c3cc(-c4cccs4)ccc13)CCc1cc(O)ccc1-2. The van der Waals surface area contributed by atoms with Gasteiger partial charge in [0.1, 0.15) is 18.1 Å². The molecule has 1 fully saturated rings. The minimum Gasteiger partial charge on any atom is -0.508 e. The normalized spacial score (nSPS) is 15.1. The minimum atomic E-state index is 0.00316. The maximum absolute atomic E-state index is 14.2. The molecular formula is C34H32N2O3S. The molecule has 3 aromatic carbocycles. The zero-order valence-corrected chi connectivity index (χ0v) is 23.3. The van der Waals surface area contributed by atoms with Crippen LogP contribution in [-0.4, -0.2) is 46.6 Å². The first kappa shape index (κ1) is 25.1. The predicted molar refractivity (Wildman–Crippen MR) is 162 cm³/mol. The molecule has 202 valence electrons. The molecule has 0 unspecified atom stereocenters. The molecule has 0 atom stereocenters. The van der Waals surface area contributed by atoms with E-state index in [0.717, 1.165) is 77.2 Å². The number of nitrogens with zero attached hydrogens (tertiary/aromatic N) is 2. The average molecular weight is 549 g/mol. The highest BCUT2D eigenvalue weighted by Crippen LogP contribution is 2.42. The number of rotatable bonds is 7. The van der Waals surface area contributed by atoms with Crippen LogP contribution in [0, 0.1) is 0 Å². The van der Waals surface area contributed by atoms with Crippen LogP contribution >= 0.6 is 11.3 Å². The zero-order chi connectivity index (χ0) is 27.1. The van der Waals surface area contributed by atoms with Crippen LogP contribution in [0.5, 0.6) is 11.5 Å². The third-order valence-corrected chi connectivity index (χ3v) is 9.21. The zero-order valence-electron chi connectivity index (χ0n) is 22.4. The number of carbonyl (C=O) groups is 1. The number of hydrogen-bond donors (Lipinski definition) is 1. The summed E-state index contributed by atoms with van der Waals surface area (Å²) in [6, 6.07) is 23.7. The van der Waals surface area contributed by atoms with Crippen LogP contribution in [0.15, 0.2) is 78.2 Å². The number of thiophene rings is 1. The van der Waals surface area contributed by atoms with E-state index < -0.39 is 0 Å². The molecule has 4 heterocycles. The van der Waals surface area contributed by atoms with Crippen molar-refractivity contribution in [3.63, 3.8) is 0 Å². The van der Waals surface area contributed by atoms with Gasteiger partial charge in [0, 0.05) is 40.0 Å². The summed E-state index contributed by atoms with van der Waals surface area (Å²) in [6.07, 6.45) is 4.68. The van der Waals surface area contributed by atoms with Crippen molar-refractivity contribution in [2.45, 2.75) is 32.2 Å². The summed E-state index contributed by atoms with van der Waals surface area (Å²) in [7, 11) is 0. The summed E-state index contributed by atoms with van der Waals surface area (Å²) in [5, 5.41) is 13.2. The molecule has 5 aromatic rings. The molecule has 0 bridgehead atoms. The van der Waals surface area contributed by atoms with Crippen LogP contribution in [0.4, 0.5) is 0 Å². The monoisotopic (exact) mass is 548 g/mol. The molecule has 1 N–H and O–H groups in total. The van der Waals surface area contributed by atoms with Crippen molar-refractivity contribution in [3.8, 4) is 33.2 Å². The topological polar surface area (TPSA) is 54.7 Å². The number of hydrogen-bond acceptors (Lipinski definition) is 5. The van der Waals surface area contributed by atoms with Gasteiger partial charge in [0.15, 0.2) is 5.78 Å². The number of aromatic nitrogens is 1. The highest BCUT2D eigenvalue weighted by Gasteiger charge is 2.29. The van der Waals surface area contributed by atoms with E-state index in [-0.39, 0.29) is 11.5 Å². The molecule has 6 heteroatoms. The van der Waals surface area contributed by atoms with Gasteiger partial charge < -0.3 is 14.4 Å². The Hall–Kier alpha value is -3.87. The van der Waals surface area contributed by atoms with Crippen molar-refractivity contribution in [2.75, 3.05) is 26.2 Å². The van der Waals surface area contributed by atoms with Gasteiger partial charge in [-0.3, -0.25) is 9.69 Å². The van der Waals surface area contributed by atoms with E-state index in [1.54, 1.807) is 17.4 Å². The Morgan fingerprint density at radius 1 is 0.925 bits per heavy atom. The van der Waals surface area contributed by atoms with Crippen LogP contribution in [0.2, 0.25) is 0 Å². The van der Waals surface area contributed by atoms with Crippen molar-refractivity contribution < 1.29 is 14.6 Å². The molecule has 40 heavy (non-hydrogen) atoms. The molecule has 0 saturated carbocycles. The van der Waals surface area contributed by atoms with Crippen molar-refractivity contribution in [3.05, 3.63) is 94.9 Å². The largest absolute Gasteiger partial charge is 0.508 e. The summed E-state index contributed by atoms with van der Waals surface area (Å²) in [5.74, 6) is 1.05. The van der Waals surface area contributed by atoms with Crippen molar-refractivity contribution in [1.82, 2.24) is 9.47 Å². The highest BCUT2D eigenvalue weighted by molar-refractivity contribution is 7.13. The van der Waals surface area contributed by atoms with Crippen LogP contribution in [-0.2, 0) is 13.0 Å². The fraction of sp³-hybridized carbons (Fsp3) is 0.265. The quantitative estimate of drug-likeness (QED) is 0.215. The lowest BCUT2D eigenvalue weighted by Gasteiger charge is -2.26. The first-order valence-electron chi connectivity index (χ1n) is 14.2. The number of aromatic hydroxyl groups is 1. The van der Waals surface area contributed by atoms with E-state index in [9.17, 15) is 9.90 Å². The lowest BCUT2D eigenvalue weighted by Crippen LogP contribution is -2.33. The molecule has 0 aliphatic carbocycles. The maximum atomic E-state index is 14.2. The van der Waals surface area contributed by atoms with Gasteiger partial charge >= 0.3 is 0 Å². The Labute approximate surface area is 238 Å². The lowest BCUT2D eigenvalue weighted by atomic mass is 9.92. The number of likely N-dealkylation sites (tertiary alicyclic amines) is 1. The molecule has 2 aliphatic heterocycles. The Bertz CT molecular complexity index is 1680. The fourth-order valence-electron chi connectivity index (χ4n) is 6.26. The highest BCUT2D eigenvalue weighted by atomic mass is 32.1. The van der Waals surface area contributed by atoms with E-state index in [4.69, 9.17) is 4.74 Å². The Morgan fingerprint density at radius 2 is 1.77 bits per heavy atom. The van der Waals surface area contributed by atoms with Crippen LogP contribution in [0.3, 0.4) is 0 Å². The second kappa shape index (κ2) is 10.6. The molecule has 0 amide bonds. The Kier molecular flexibility index (Phi) is 6.66. The molecule has 0 radical (unpaired) electrons. The number of fused-ring (bicyclic) bond motifs is 5. The van der Waals surface area contributed by atoms with Gasteiger partial charge in [-0.2, -0.15) is 0 Å². The molecule has 2 aliphatic rings. The number of carbonyl (C=O) groups excluding carboxylic acids is 1. The molecular weight excluding hydrogens is 516 g/mol. The van der Waals surface area contributed by atoms with Gasteiger partial charge in [-0.15, -0.1) is 11.3 Å². The van der Waals surface area contributed by atoms with Crippen LogP contribution in [0.25, 0.3) is 32.6 Å². The summed E-state index contributed by atoms with van der Waals surface area (Å²) < 4.78 is 8.31. The third-order valence-electron chi connectivity index (χ3n) is 8.29. The first-order valence-corrected chi connectivity index (χ1v) is 15.1. The standard InChI is InChI=1S/C34H32N2O3S/c37-26-9-13-28-24(21-26)14-17-36-30-22-25(31-5-4-20-40-31)8-12-29(30)32(33(28)36)34(38)23-6-10-27(11-7-23)39-19-18-35-15-2-1-3-16-35/h4-13,20-22,37H,1-3,14-19H2. The molecule has 0 spiro atoms. The van der Waals surface area contributed by atoms with E-state index in [1.807, 2.05) is 36.4 Å². The number of piperidine rings is 1. The third kappa shape index (κ3) is 4.61. The van der Waals surface area contributed by atoms with E-state index in [2.05, 4.69) is 45.2 Å². The first-order chi connectivity index (χ1) is 19.7. The number of ether oxygens (including phenoxy) is 1. The molecule has 7 rings (SSSR count). The summed E-state index contributed by atoms with van der Waals surface area (Å²) in [5.41, 5.74) is 6.61. The summed E-state index contributed by atoms with van der Waals surface area (Å²) in [6.45, 7) is 4.66. The minimum absolute atomic E-state index is 0.00316. The van der Waals surface area contributed by atoms with Crippen molar-refractivity contribution >= 4 is 28.0 Å². The van der Waals surface area contributed by atoms with Gasteiger partial charge in [-0.1, -0.05) is 24.6 Å². The molecule has 1 saturated heterocycles. The van der Waals surface area contributed by atoms with E-state index in [1.165, 1.54) is 24.1 Å². The Balaban J connectivity index is 1.24. The number of phenols is 1. The Morgan fingerprint density at radius 3 is 2.58 bits per heavy atom. The van der Waals surface area contributed by atoms with E-state index >= 15 is 0 Å². The van der Waals surface area contributed by atoms with Gasteiger partial charge in [0.05, 0.1) is 11.3 Å². The lowest BCUT2D eigenvalue weighted by molar-refractivity contribution is 0.104. The van der Waals surface area contributed by atoms with Crippen molar-refractivity contribution in [2.24, 2.45) is 0 Å². The second-order valence-electron chi connectivity index (χ2n) is 10.8. The van der Waals surface area contributed by atoms with Gasteiger partial charge in [0.2, 0.25) is 0 Å². The average Bonchev–Trinajstić information content (AvgIpc) is 3.64. The summed E-state index contributed by atoms with van der Waals surface area (Å²) in [4.78, 5) is 17.9. The van der Waals surface area contributed by atoms with Gasteiger partial charge in [-0.05, 0) is 103 Å². The van der Waals surface area contributed by atoms with Crippen LogP contribution < -0.4 is 4.74 Å².